The molecule has 0 aromatic heterocycles. The third-order valence-electron chi connectivity index (χ3n) is 4.51. The van der Waals surface area contributed by atoms with Crippen molar-refractivity contribution in [3.63, 3.8) is 0 Å². The first-order valence-corrected chi connectivity index (χ1v) is 9.59. The summed E-state index contributed by atoms with van der Waals surface area (Å²) in [6.45, 7) is 1.81. The van der Waals surface area contributed by atoms with Crippen molar-refractivity contribution in [3.05, 3.63) is 94.0 Å². The average Bonchev–Trinajstić information content (AvgIpc) is 2.74. The van der Waals surface area contributed by atoms with Crippen molar-refractivity contribution in [3.8, 4) is 11.5 Å². The van der Waals surface area contributed by atoms with Crippen LogP contribution in [0.5, 0.6) is 11.5 Å². The van der Waals surface area contributed by atoms with E-state index in [0.717, 1.165) is 16.7 Å². The van der Waals surface area contributed by atoms with Gasteiger partial charge in [-0.2, -0.15) is 0 Å². The predicted molar refractivity (Wildman–Crippen MR) is 109 cm³/mol. The van der Waals surface area contributed by atoms with Crippen LogP contribution in [0.2, 0.25) is 5.02 Å². The molecule has 0 aliphatic rings. The zero-order valence-electron chi connectivity index (χ0n) is 16.1. The summed E-state index contributed by atoms with van der Waals surface area (Å²) in [6, 6.07) is 20.1. The first kappa shape index (κ1) is 20.7. The van der Waals surface area contributed by atoms with Crippen LogP contribution in [0.25, 0.3) is 0 Å². The van der Waals surface area contributed by atoms with E-state index in [4.69, 9.17) is 21.1 Å². The highest BCUT2D eigenvalue weighted by Crippen LogP contribution is 2.31. The summed E-state index contributed by atoms with van der Waals surface area (Å²) in [5.74, 6) is 0.232. The molecule has 3 aromatic rings. The number of carbonyl (C=O) groups is 1. The normalized spacial score (nSPS) is 10.6. The molecule has 0 unspecified atom stereocenters. The fraction of sp³-hybridized carbons (Fsp3) is 0.174. The molecule has 0 aliphatic carbocycles. The Morgan fingerprint density at radius 3 is 2.31 bits per heavy atom. The highest BCUT2D eigenvalue weighted by atomic mass is 35.5. The van der Waals surface area contributed by atoms with Gasteiger partial charge in [0.05, 0.1) is 18.6 Å². The molecule has 0 amide bonds. The number of aromatic carboxylic acids is 1. The second kappa shape index (κ2) is 9.96. The SMILES string of the molecule is COc1cccc(C[NH2+]Cc2ccc(C(=O)[O-])cc2)c1OCc1ccc(Cl)cc1. The number of carbonyl (C=O) groups excluding carboxylic acids is 1. The highest BCUT2D eigenvalue weighted by Gasteiger charge is 2.12. The van der Waals surface area contributed by atoms with Crippen LogP contribution in [0.1, 0.15) is 27.0 Å². The van der Waals surface area contributed by atoms with Gasteiger partial charge in [0, 0.05) is 10.6 Å². The molecule has 3 rings (SSSR count). The molecule has 5 nitrogen and oxygen atoms in total. The fourth-order valence-electron chi connectivity index (χ4n) is 2.95. The van der Waals surface area contributed by atoms with Gasteiger partial charge in [-0.1, -0.05) is 54.1 Å². The smallest absolute Gasteiger partial charge is 0.170 e. The monoisotopic (exact) mass is 411 g/mol. The maximum absolute atomic E-state index is 10.8. The van der Waals surface area contributed by atoms with E-state index in [1.54, 1.807) is 31.4 Å². The van der Waals surface area contributed by atoms with Gasteiger partial charge in [0.2, 0.25) is 0 Å². The number of ether oxygens (including phenoxy) is 2. The minimum atomic E-state index is -1.17. The van der Waals surface area contributed by atoms with Crippen LogP contribution in [0.3, 0.4) is 0 Å². The zero-order chi connectivity index (χ0) is 20.6. The van der Waals surface area contributed by atoms with Crippen molar-refractivity contribution < 1.29 is 24.7 Å². The van der Waals surface area contributed by atoms with Gasteiger partial charge >= 0.3 is 0 Å². The largest absolute Gasteiger partial charge is 0.545 e. The van der Waals surface area contributed by atoms with E-state index in [2.05, 4.69) is 5.32 Å². The van der Waals surface area contributed by atoms with Crippen LogP contribution in [0.4, 0.5) is 0 Å². The molecule has 3 aromatic carbocycles. The van der Waals surface area contributed by atoms with Crippen LogP contribution in [-0.2, 0) is 19.7 Å². The van der Waals surface area contributed by atoms with E-state index in [0.29, 0.717) is 36.2 Å². The van der Waals surface area contributed by atoms with E-state index >= 15 is 0 Å². The standard InChI is InChI=1S/C23H22ClNO4/c1-28-21-4-2-3-19(22(21)29-15-17-7-11-20(24)12-8-17)14-25-13-16-5-9-18(10-6-16)23(26)27/h2-12,25H,13-15H2,1H3,(H,26,27). The topological polar surface area (TPSA) is 75.2 Å². The predicted octanol–water partition coefficient (Wildman–Crippen LogP) is 2.55. The summed E-state index contributed by atoms with van der Waals surface area (Å²) in [7, 11) is 1.62. The first-order chi connectivity index (χ1) is 14.1. The Morgan fingerprint density at radius 2 is 1.66 bits per heavy atom. The molecule has 0 fully saturated rings. The summed E-state index contributed by atoms with van der Waals surface area (Å²) in [6.07, 6.45) is 0. The van der Waals surface area contributed by atoms with Crippen LogP contribution >= 0.6 is 11.6 Å². The van der Waals surface area contributed by atoms with Gasteiger partial charge in [-0.15, -0.1) is 0 Å². The van der Waals surface area contributed by atoms with Gasteiger partial charge in [-0.25, -0.2) is 0 Å². The van der Waals surface area contributed by atoms with Crippen molar-refractivity contribution in [2.75, 3.05) is 7.11 Å². The van der Waals surface area contributed by atoms with E-state index in [-0.39, 0.29) is 5.56 Å². The van der Waals surface area contributed by atoms with E-state index in [1.165, 1.54) is 0 Å². The maximum atomic E-state index is 10.8. The molecule has 0 bridgehead atoms. The number of methoxy groups -OCH3 is 1. The number of benzene rings is 3. The molecule has 0 atom stereocenters. The number of hydrogen-bond acceptors (Lipinski definition) is 4. The van der Waals surface area contributed by atoms with Crippen molar-refractivity contribution in [1.82, 2.24) is 0 Å². The number of halogens is 1. The Morgan fingerprint density at radius 1 is 0.966 bits per heavy atom. The lowest BCUT2D eigenvalue weighted by molar-refractivity contribution is -0.686. The minimum Gasteiger partial charge on any atom is -0.545 e. The number of nitrogens with two attached hydrogens (primary N) is 1. The van der Waals surface area contributed by atoms with Crippen molar-refractivity contribution >= 4 is 17.6 Å². The first-order valence-electron chi connectivity index (χ1n) is 9.22. The van der Waals surface area contributed by atoms with Gasteiger partial charge in [0.1, 0.15) is 19.7 Å². The van der Waals surface area contributed by atoms with Crippen LogP contribution in [-0.4, -0.2) is 13.1 Å². The molecule has 0 saturated heterocycles. The Bertz CT molecular complexity index is 956. The second-order valence-corrected chi connectivity index (χ2v) is 6.98. The lowest BCUT2D eigenvalue weighted by atomic mass is 10.1. The number of carboxylic acid groups (broad SMARTS) is 1. The lowest BCUT2D eigenvalue weighted by Crippen LogP contribution is -2.80. The minimum absolute atomic E-state index is 0.180. The quantitative estimate of drug-likeness (QED) is 0.587. The molecule has 0 saturated carbocycles. The molecule has 29 heavy (non-hydrogen) atoms. The van der Waals surface area contributed by atoms with Gasteiger partial charge < -0.3 is 24.7 Å². The third kappa shape index (κ3) is 5.73. The molecule has 0 aliphatic heterocycles. The fourth-order valence-corrected chi connectivity index (χ4v) is 3.08. The highest BCUT2D eigenvalue weighted by molar-refractivity contribution is 6.30. The van der Waals surface area contributed by atoms with E-state index in [9.17, 15) is 9.90 Å². The molecular weight excluding hydrogens is 390 g/mol. The molecule has 0 spiro atoms. The number of para-hydroxylation sites is 1. The van der Waals surface area contributed by atoms with E-state index in [1.807, 2.05) is 42.5 Å². The average molecular weight is 412 g/mol. The third-order valence-corrected chi connectivity index (χ3v) is 4.76. The summed E-state index contributed by atoms with van der Waals surface area (Å²) >= 11 is 5.94. The molecule has 150 valence electrons. The Balaban J connectivity index is 1.65. The maximum Gasteiger partial charge on any atom is 0.170 e. The zero-order valence-corrected chi connectivity index (χ0v) is 16.8. The number of hydrogen-bond donors (Lipinski definition) is 1. The molecule has 2 N–H and O–H groups in total. The number of quaternary nitrogens is 1. The Kier molecular flexibility index (Phi) is 7.11. The Hall–Kier alpha value is -3.02. The number of carboxylic acids is 1. The summed E-state index contributed by atoms with van der Waals surface area (Å²) in [4.78, 5) is 10.8. The van der Waals surface area contributed by atoms with Crippen LogP contribution in [0.15, 0.2) is 66.7 Å². The second-order valence-electron chi connectivity index (χ2n) is 6.54. The van der Waals surface area contributed by atoms with Crippen molar-refractivity contribution in [1.29, 1.82) is 0 Å². The van der Waals surface area contributed by atoms with Crippen molar-refractivity contribution in [2.45, 2.75) is 19.7 Å². The molecular formula is C23H22ClNO4. The van der Waals surface area contributed by atoms with Crippen LogP contribution < -0.4 is 19.9 Å². The lowest BCUT2D eigenvalue weighted by Gasteiger charge is -2.15. The van der Waals surface area contributed by atoms with Gasteiger partial charge in [-0.05, 0) is 35.4 Å². The summed E-state index contributed by atoms with van der Waals surface area (Å²) in [5.41, 5.74) is 3.24. The number of rotatable bonds is 9. The summed E-state index contributed by atoms with van der Waals surface area (Å²) < 4.78 is 11.5. The van der Waals surface area contributed by atoms with Gasteiger partial charge in [-0.3, -0.25) is 0 Å². The van der Waals surface area contributed by atoms with Crippen molar-refractivity contribution in [2.24, 2.45) is 0 Å². The van der Waals surface area contributed by atoms with Crippen LogP contribution in [0, 0.1) is 0 Å². The Labute approximate surface area is 174 Å². The van der Waals surface area contributed by atoms with E-state index < -0.39 is 5.97 Å². The van der Waals surface area contributed by atoms with Gasteiger partial charge in [0.15, 0.2) is 11.5 Å². The molecule has 6 heteroatoms. The summed E-state index contributed by atoms with van der Waals surface area (Å²) in [5, 5.41) is 13.7. The van der Waals surface area contributed by atoms with Gasteiger partial charge in [0.25, 0.3) is 0 Å². The molecule has 0 heterocycles. The molecule has 0 radical (unpaired) electrons.